The first-order valence-electron chi connectivity index (χ1n) is 9.25. The summed E-state index contributed by atoms with van der Waals surface area (Å²) in [6, 6.07) is 17.2. The van der Waals surface area contributed by atoms with Crippen molar-refractivity contribution in [1.82, 2.24) is 4.98 Å². The zero-order valence-electron chi connectivity index (χ0n) is 16.0. The fourth-order valence-corrected chi connectivity index (χ4v) is 4.55. The fourth-order valence-electron chi connectivity index (χ4n) is 4.55. The number of ether oxygens (including phenoxy) is 2. The number of nitrogens with one attached hydrogen (secondary N) is 1. The van der Waals surface area contributed by atoms with Gasteiger partial charge in [0.25, 0.3) is 0 Å². The molecular formula is C24H20FNO2. The molecule has 1 heterocycles. The molecule has 0 unspecified atom stereocenters. The van der Waals surface area contributed by atoms with E-state index in [2.05, 4.69) is 24.0 Å². The van der Waals surface area contributed by atoms with E-state index in [1.165, 1.54) is 6.07 Å². The van der Waals surface area contributed by atoms with Gasteiger partial charge in [-0.05, 0) is 53.4 Å². The van der Waals surface area contributed by atoms with E-state index in [1.807, 2.05) is 30.3 Å². The van der Waals surface area contributed by atoms with E-state index in [0.29, 0.717) is 0 Å². The largest absolute Gasteiger partial charge is 0.497 e. The number of fused-ring (bicyclic) bond motifs is 4. The number of para-hydroxylation sites is 1. The second-order valence-corrected chi connectivity index (χ2v) is 7.16. The third-order valence-electron chi connectivity index (χ3n) is 5.71. The van der Waals surface area contributed by atoms with E-state index in [4.69, 9.17) is 9.47 Å². The van der Waals surface area contributed by atoms with Crippen LogP contribution in [0.2, 0.25) is 0 Å². The van der Waals surface area contributed by atoms with Crippen LogP contribution in [0.15, 0.2) is 54.6 Å². The van der Waals surface area contributed by atoms with Crippen LogP contribution in [0.5, 0.6) is 11.5 Å². The molecule has 3 nitrogen and oxygen atoms in total. The zero-order chi connectivity index (χ0) is 19.4. The molecule has 4 heteroatoms. The molecule has 1 N–H and O–H groups in total. The topological polar surface area (TPSA) is 34.2 Å². The molecule has 0 saturated carbocycles. The first-order chi connectivity index (χ1) is 13.6. The summed E-state index contributed by atoms with van der Waals surface area (Å²) in [6.45, 7) is 2.07. The molecule has 1 aliphatic carbocycles. The lowest BCUT2D eigenvalue weighted by atomic mass is 9.87. The van der Waals surface area contributed by atoms with Gasteiger partial charge in [0.05, 0.1) is 14.2 Å². The fraction of sp³-hybridized carbons (Fsp3) is 0.167. The molecule has 5 rings (SSSR count). The van der Waals surface area contributed by atoms with Crippen LogP contribution in [0.25, 0.3) is 22.0 Å². The maximum Gasteiger partial charge on any atom is 0.127 e. The van der Waals surface area contributed by atoms with Crippen molar-refractivity contribution in [3.8, 4) is 22.6 Å². The van der Waals surface area contributed by atoms with Crippen LogP contribution in [0, 0.1) is 12.7 Å². The van der Waals surface area contributed by atoms with Crippen LogP contribution in [-0.2, 0) is 0 Å². The molecule has 0 radical (unpaired) electrons. The minimum atomic E-state index is -0.236. The van der Waals surface area contributed by atoms with Gasteiger partial charge in [0, 0.05) is 34.1 Å². The van der Waals surface area contributed by atoms with Gasteiger partial charge in [-0.15, -0.1) is 0 Å². The number of hydrogen-bond donors (Lipinski definition) is 1. The molecular weight excluding hydrogens is 353 g/mol. The van der Waals surface area contributed by atoms with Crippen LogP contribution >= 0.6 is 0 Å². The average Bonchev–Trinajstić information content (AvgIpc) is 3.20. The molecule has 1 aromatic heterocycles. The van der Waals surface area contributed by atoms with Crippen molar-refractivity contribution in [2.45, 2.75) is 12.8 Å². The van der Waals surface area contributed by atoms with Gasteiger partial charge < -0.3 is 14.5 Å². The van der Waals surface area contributed by atoms with Gasteiger partial charge in [0.1, 0.15) is 17.3 Å². The lowest BCUT2D eigenvalue weighted by molar-refractivity contribution is 0.391. The Balaban J connectivity index is 1.89. The molecule has 0 spiro atoms. The van der Waals surface area contributed by atoms with Crippen molar-refractivity contribution in [1.29, 1.82) is 0 Å². The molecule has 1 atom stereocenters. The normalized spacial score (nSPS) is 14.8. The molecule has 0 saturated heterocycles. The van der Waals surface area contributed by atoms with Gasteiger partial charge in [-0.1, -0.05) is 24.3 Å². The number of halogens is 1. The second kappa shape index (κ2) is 6.13. The zero-order valence-corrected chi connectivity index (χ0v) is 16.0. The van der Waals surface area contributed by atoms with Crippen LogP contribution in [0.1, 0.15) is 28.3 Å². The van der Waals surface area contributed by atoms with Crippen LogP contribution < -0.4 is 9.47 Å². The molecule has 0 aliphatic heterocycles. The minimum Gasteiger partial charge on any atom is -0.497 e. The highest BCUT2D eigenvalue weighted by Gasteiger charge is 2.36. The van der Waals surface area contributed by atoms with E-state index in [1.54, 1.807) is 20.3 Å². The molecule has 28 heavy (non-hydrogen) atoms. The average molecular weight is 373 g/mol. The van der Waals surface area contributed by atoms with Gasteiger partial charge in [0.15, 0.2) is 0 Å². The molecule has 0 fully saturated rings. The molecule has 1 aliphatic rings. The summed E-state index contributed by atoms with van der Waals surface area (Å²) in [7, 11) is 3.31. The number of aromatic amines is 1. The molecule has 3 aromatic carbocycles. The second-order valence-electron chi connectivity index (χ2n) is 7.16. The molecule has 4 aromatic rings. The van der Waals surface area contributed by atoms with Crippen molar-refractivity contribution in [3.63, 3.8) is 0 Å². The summed E-state index contributed by atoms with van der Waals surface area (Å²) in [6.07, 6.45) is 0. The smallest absolute Gasteiger partial charge is 0.127 e. The van der Waals surface area contributed by atoms with E-state index in [-0.39, 0.29) is 11.7 Å². The number of methoxy groups -OCH3 is 2. The monoisotopic (exact) mass is 373 g/mol. The predicted octanol–water partition coefficient (Wildman–Crippen LogP) is 5.79. The summed E-state index contributed by atoms with van der Waals surface area (Å²) in [5, 5.41) is 1.14. The minimum absolute atomic E-state index is 0.113. The standard InChI is InChI=1S/C24H20FNO2/c1-13-22(17-6-4-5-7-20(17)26-13)24-18-10-14(25)8-9-16(18)19-11-15(27-2)12-21(28-3)23(19)24/h4-12,24,26H,1-3H3/t24-/m1/s1. The predicted molar refractivity (Wildman–Crippen MR) is 109 cm³/mol. The van der Waals surface area contributed by atoms with Gasteiger partial charge in [-0.25, -0.2) is 4.39 Å². The Morgan fingerprint density at radius 1 is 0.893 bits per heavy atom. The van der Waals surface area contributed by atoms with Gasteiger partial charge in [-0.3, -0.25) is 0 Å². The van der Waals surface area contributed by atoms with Gasteiger partial charge in [-0.2, -0.15) is 0 Å². The van der Waals surface area contributed by atoms with E-state index < -0.39 is 0 Å². The summed E-state index contributed by atoms with van der Waals surface area (Å²) in [4.78, 5) is 3.48. The van der Waals surface area contributed by atoms with E-state index in [9.17, 15) is 4.39 Å². The maximum atomic E-state index is 14.3. The Morgan fingerprint density at radius 3 is 2.50 bits per heavy atom. The number of rotatable bonds is 3. The van der Waals surface area contributed by atoms with Crippen molar-refractivity contribution < 1.29 is 13.9 Å². The van der Waals surface area contributed by atoms with E-state index >= 15 is 0 Å². The van der Waals surface area contributed by atoms with E-state index in [0.717, 1.165) is 55.9 Å². The van der Waals surface area contributed by atoms with Crippen molar-refractivity contribution in [2.75, 3.05) is 14.2 Å². The first kappa shape index (κ1) is 16.9. The van der Waals surface area contributed by atoms with Gasteiger partial charge >= 0.3 is 0 Å². The molecule has 0 bridgehead atoms. The Hall–Kier alpha value is -3.27. The first-order valence-corrected chi connectivity index (χ1v) is 9.25. The van der Waals surface area contributed by atoms with Crippen molar-refractivity contribution in [2.24, 2.45) is 0 Å². The van der Waals surface area contributed by atoms with Crippen molar-refractivity contribution >= 4 is 10.9 Å². The number of aryl methyl sites for hydroxylation is 1. The summed E-state index contributed by atoms with van der Waals surface area (Å²) < 4.78 is 25.5. The highest BCUT2D eigenvalue weighted by atomic mass is 19.1. The number of benzene rings is 3. The third kappa shape index (κ3) is 2.27. The Labute approximate surface area is 162 Å². The highest BCUT2D eigenvalue weighted by Crippen LogP contribution is 2.54. The quantitative estimate of drug-likeness (QED) is 0.434. The third-order valence-corrected chi connectivity index (χ3v) is 5.71. The number of hydrogen-bond acceptors (Lipinski definition) is 2. The maximum absolute atomic E-state index is 14.3. The van der Waals surface area contributed by atoms with Crippen LogP contribution in [0.3, 0.4) is 0 Å². The lowest BCUT2D eigenvalue weighted by Crippen LogP contribution is -2.03. The Bertz CT molecular complexity index is 1220. The SMILES string of the molecule is COc1cc(OC)c2c(c1)-c1ccc(F)cc1[C@@H]2c1c(C)[nH]c2ccccc12. The molecule has 0 amide bonds. The Kier molecular flexibility index (Phi) is 3.69. The number of H-pyrrole nitrogens is 1. The Morgan fingerprint density at radius 2 is 1.71 bits per heavy atom. The van der Waals surface area contributed by atoms with Crippen molar-refractivity contribution in [3.05, 3.63) is 82.8 Å². The van der Waals surface area contributed by atoms with Crippen LogP contribution in [0.4, 0.5) is 4.39 Å². The number of aromatic nitrogens is 1. The van der Waals surface area contributed by atoms with Gasteiger partial charge in [0.2, 0.25) is 0 Å². The molecule has 140 valence electrons. The summed E-state index contributed by atoms with van der Waals surface area (Å²) in [5.41, 5.74) is 7.36. The summed E-state index contributed by atoms with van der Waals surface area (Å²) in [5.74, 6) is 1.13. The van der Waals surface area contributed by atoms with Crippen LogP contribution in [-0.4, -0.2) is 19.2 Å². The highest BCUT2D eigenvalue weighted by molar-refractivity contribution is 5.91. The summed E-state index contributed by atoms with van der Waals surface area (Å²) >= 11 is 0. The lowest BCUT2D eigenvalue weighted by Gasteiger charge is -2.18.